The average Bonchev–Trinajstić information content (AvgIpc) is 2.43. The number of methoxy groups -OCH3 is 1. The van der Waals surface area contributed by atoms with Crippen LogP contribution >= 0.6 is 24.0 Å². The van der Waals surface area contributed by atoms with Gasteiger partial charge >= 0.3 is 0 Å². The second-order valence-corrected chi connectivity index (χ2v) is 4.02. The normalized spacial score (nSPS) is 10.8. The van der Waals surface area contributed by atoms with Crippen LogP contribution in [0.5, 0.6) is 5.75 Å². The number of rotatable bonds is 8. The molecule has 1 aromatic carbocycles. The lowest BCUT2D eigenvalue weighted by atomic mass is 10.3. The number of nitrogens with one attached hydrogen (secondary N) is 1. The predicted molar refractivity (Wildman–Crippen MR) is 94.2 cm³/mol. The zero-order valence-electron chi connectivity index (χ0n) is 12.1. The first-order chi connectivity index (χ1) is 9.26. The van der Waals surface area contributed by atoms with Gasteiger partial charge in [0, 0.05) is 25.4 Å². The Morgan fingerprint density at radius 1 is 1.25 bits per heavy atom. The van der Waals surface area contributed by atoms with Gasteiger partial charge in [-0.25, -0.2) is 0 Å². The molecule has 0 amide bonds. The molecular weight excluding hydrogens is 369 g/mol. The van der Waals surface area contributed by atoms with Crippen LogP contribution in [0.4, 0.5) is 5.69 Å². The Morgan fingerprint density at radius 2 is 1.95 bits per heavy atom. The molecule has 0 heterocycles. The largest absolute Gasteiger partial charge is 0.497 e. The van der Waals surface area contributed by atoms with Crippen molar-refractivity contribution < 1.29 is 9.47 Å². The van der Waals surface area contributed by atoms with Gasteiger partial charge in [0.15, 0.2) is 5.96 Å². The van der Waals surface area contributed by atoms with E-state index in [2.05, 4.69) is 10.3 Å². The molecule has 0 aromatic heterocycles. The number of guanidine groups is 1. The standard InChI is InChI=1S/C14H23N3O2.HI/c1-3-19-11-5-4-10-16-14(15)17-12-6-8-13(18-2)9-7-12;/h6-9H,3-5,10-11H2,1-2H3,(H3,15,16,17);1H. The van der Waals surface area contributed by atoms with E-state index in [0.29, 0.717) is 12.5 Å². The number of halogens is 1. The molecule has 0 saturated heterocycles. The Kier molecular flexibility index (Phi) is 11.2. The van der Waals surface area contributed by atoms with E-state index in [4.69, 9.17) is 15.2 Å². The van der Waals surface area contributed by atoms with Crippen molar-refractivity contribution in [1.82, 2.24) is 0 Å². The fraction of sp³-hybridized carbons (Fsp3) is 0.500. The predicted octanol–water partition coefficient (Wildman–Crippen LogP) is 2.86. The van der Waals surface area contributed by atoms with Crippen molar-refractivity contribution in [2.24, 2.45) is 10.7 Å². The van der Waals surface area contributed by atoms with Crippen molar-refractivity contribution in [3.63, 3.8) is 0 Å². The minimum absolute atomic E-state index is 0. The van der Waals surface area contributed by atoms with Gasteiger partial charge in [0.1, 0.15) is 5.75 Å². The first-order valence-electron chi connectivity index (χ1n) is 6.55. The van der Waals surface area contributed by atoms with Gasteiger partial charge < -0.3 is 20.5 Å². The lowest BCUT2D eigenvalue weighted by molar-refractivity contribution is 0.144. The summed E-state index contributed by atoms with van der Waals surface area (Å²) >= 11 is 0. The van der Waals surface area contributed by atoms with Crippen LogP contribution in [0.15, 0.2) is 29.3 Å². The molecule has 0 fully saturated rings. The van der Waals surface area contributed by atoms with E-state index in [1.807, 2.05) is 31.2 Å². The Hall–Kier alpha value is -1.02. The molecule has 0 bridgehead atoms. The van der Waals surface area contributed by atoms with Crippen molar-refractivity contribution in [2.75, 3.05) is 32.2 Å². The maximum Gasteiger partial charge on any atom is 0.193 e. The first kappa shape index (κ1) is 19.0. The summed E-state index contributed by atoms with van der Waals surface area (Å²) in [5.74, 6) is 1.25. The maximum absolute atomic E-state index is 5.79. The Bertz CT molecular complexity index is 383. The fourth-order valence-corrected chi connectivity index (χ4v) is 1.52. The summed E-state index contributed by atoms with van der Waals surface area (Å²) in [5, 5.41) is 3.04. The van der Waals surface area contributed by atoms with E-state index in [-0.39, 0.29) is 24.0 Å². The van der Waals surface area contributed by atoms with Gasteiger partial charge in [-0.1, -0.05) is 0 Å². The molecule has 3 N–H and O–H groups in total. The molecule has 0 saturated carbocycles. The smallest absolute Gasteiger partial charge is 0.193 e. The molecule has 5 nitrogen and oxygen atoms in total. The fourth-order valence-electron chi connectivity index (χ4n) is 1.52. The highest BCUT2D eigenvalue weighted by molar-refractivity contribution is 14.0. The number of hydrogen-bond acceptors (Lipinski definition) is 3. The molecular formula is C14H24IN3O2. The van der Waals surface area contributed by atoms with Crippen LogP contribution in [0.1, 0.15) is 19.8 Å². The summed E-state index contributed by atoms with van der Waals surface area (Å²) in [6, 6.07) is 7.54. The molecule has 0 radical (unpaired) electrons. The van der Waals surface area contributed by atoms with Crippen LogP contribution in [-0.4, -0.2) is 32.8 Å². The molecule has 0 aliphatic heterocycles. The summed E-state index contributed by atoms with van der Waals surface area (Å²) in [7, 11) is 1.64. The highest BCUT2D eigenvalue weighted by Gasteiger charge is 1.96. The van der Waals surface area contributed by atoms with Crippen molar-refractivity contribution in [3.05, 3.63) is 24.3 Å². The second kappa shape index (κ2) is 11.8. The number of nitrogens with two attached hydrogens (primary N) is 1. The molecule has 0 aliphatic carbocycles. The number of ether oxygens (including phenoxy) is 2. The average molecular weight is 393 g/mol. The molecule has 114 valence electrons. The third-order valence-electron chi connectivity index (χ3n) is 2.55. The third kappa shape index (κ3) is 8.21. The summed E-state index contributed by atoms with van der Waals surface area (Å²) in [6.45, 7) is 4.26. The SMILES string of the molecule is CCOCCCCN=C(N)Nc1ccc(OC)cc1.I. The van der Waals surface area contributed by atoms with Crippen LogP contribution in [0.3, 0.4) is 0 Å². The Balaban J connectivity index is 0.00000361. The minimum atomic E-state index is 0. The summed E-state index contributed by atoms with van der Waals surface area (Å²) < 4.78 is 10.3. The van der Waals surface area contributed by atoms with Gasteiger partial charge in [-0.3, -0.25) is 4.99 Å². The van der Waals surface area contributed by atoms with E-state index in [1.54, 1.807) is 7.11 Å². The molecule has 0 unspecified atom stereocenters. The molecule has 0 spiro atoms. The van der Waals surface area contributed by atoms with E-state index < -0.39 is 0 Å². The molecule has 1 aromatic rings. The first-order valence-corrected chi connectivity index (χ1v) is 6.55. The van der Waals surface area contributed by atoms with Gasteiger partial charge in [-0.05, 0) is 44.0 Å². The van der Waals surface area contributed by atoms with Crippen molar-refractivity contribution in [1.29, 1.82) is 0 Å². The highest BCUT2D eigenvalue weighted by Crippen LogP contribution is 2.14. The highest BCUT2D eigenvalue weighted by atomic mass is 127. The van der Waals surface area contributed by atoms with Crippen molar-refractivity contribution >= 4 is 35.6 Å². The number of unbranched alkanes of at least 4 members (excludes halogenated alkanes) is 1. The van der Waals surface area contributed by atoms with E-state index in [0.717, 1.165) is 37.5 Å². The van der Waals surface area contributed by atoms with Gasteiger partial charge in [0.05, 0.1) is 7.11 Å². The molecule has 0 atom stereocenters. The Labute approximate surface area is 138 Å². The quantitative estimate of drug-likeness (QED) is 0.309. The number of hydrogen-bond donors (Lipinski definition) is 2. The van der Waals surface area contributed by atoms with Crippen LogP contribution in [0.2, 0.25) is 0 Å². The second-order valence-electron chi connectivity index (χ2n) is 4.02. The zero-order valence-corrected chi connectivity index (χ0v) is 14.4. The van der Waals surface area contributed by atoms with Crippen molar-refractivity contribution in [3.8, 4) is 5.75 Å². The number of nitrogens with zero attached hydrogens (tertiary/aromatic N) is 1. The summed E-state index contributed by atoms with van der Waals surface area (Å²) in [5.41, 5.74) is 6.69. The number of anilines is 1. The van der Waals surface area contributed by atoms with Gasteiger partial charge in [-0.15, -0.1) is 24.0 Å². The molecule has 0 aliphatic rings. The maximum atomic E-state index is 5.79. The number of aliphatic imine (C=N–C) groups is 1. The number of benzene rings is 1. The van der Waals surface area contributed by atoms with Crippen LogP contribution < -0.4 is 15.8 Å². The lowest BCUT2D eigenvalue weighted by Crippen LogP contribution is -2.22. The summed E-state index contributed by atoms with van der Waals surface area (Å²) in [4.78, 5) is 4.26. The summed E-state index contributed by atoms with van der Waals surface area (Å²) in [6.07, 6.45) is 1.98. The lowest BCUT2D eigenvalue weighted by Gasteiger charge is -2.06. The Morgan fingerprint density at radius 3 is 2.55 bits per heavy atom. The zero-order chi connectivity index (χ0) is 13.9. The van der Waals surface area contributed by atoms with Gasteiger partial charge in [0.25, 0.3) is 0 Å². The van der Waals surface area contributed by atoms with E-state index in [9.17, 15) is 0 Å². The van der Waals surface area contributed by atoms with Gasteiger partial charge in [0.2, 0.25) is 0 Å². The molecule has 6 heteroatoms. The monoisotopic (exact) mass is 393 g/mol. The molecule has 20 heavy (non-hydrogen) atoms. The topological polar surface area (TPSA) is 68.9 Å². The minimum Gasteiger partial charge on any atom is -0.497 e. The van der Waals surface area contributed by atoms with Crippen LogP contribution in [0.25, 0.3) is 0 Å². The van der Waals surface area contributed by atoms with Crippen LogP contribution in [-0.2, 0) is 4.74 Å². The van der Waals surface area contributed by atoms with Crippen LogP contribution in [0, 0.1) is 0 Å². The third-order valence-corrected chi connectivity index (χ3v) is 2.55. The molecule has 1 rings (SSSR count). The van der Waals surface area contributed by atoms with Crippen molar-refractivity contribution in [2.45, 2.75) is 19.8 Å². The van der Waals surface area contributed by atoms with E-state index >= 15 is 0 Å². The van der Waals surface area contributed by atoms with Gasteiger partial charge in [-0.2, -0.15) is 0 Å². The van der Waals surface area contributed by atoms with E-state index in [1.165, 1.54) is 0 Å².